The van der Waals surface area contributed by atoms with Gasteiger partial charge in [-0.15, -0.1) is 0 Å². The molecule has 2 heterocycles. The molecule has 2 aromatic carbocycles. The minimum absolute atomic E-state index is 0.00829. The number of ether oxygens (including phenoxy) is 3. The van der Waals surface area contributed by atoms with Gasteiger partial charge in [0.15, 0.2) is 0 Å². The van der Waals surface area contributed by atoms with Crippen LogP contribution in [0.4, 0.5) is 14.5 Å². The molecule has 8 nitrogen and oxygen atoms in total. The van der Waals surface area contributed by atoms with Crippen LogP contribution in [-0.2, 0) is 9.47 Å². The standard InChI is InChI=1S/C27H28F2N4O4/c1-16(5-6-24(30-2)36-4)27(34)19-13-18(20(28)14-23(19)35-3)26-25-21(29)11-17(12-22(25)31-15-32-26)33-7-9-37-10-8-33/h5-6,11-15,27,34H,2,7-10H2,1,3-4H3/b16-5+,24-6+. The van der Waals surface area contributed by atoms with E-state index in [0.717, 1.165) is 6.07 Å². The predicted octanol–water partition coefficient (Wildman–Crippen LogP) is 4.59. The number of benzene rings is 2. The SMILES string of the molecule is C=N/C(=C\C=C(/C)C(O)c1cc(-c2ncnc3cc(N4CCOCC4)cc(F)c23)c(F)cc1OC)OC. The summed E-state index contributed by atoms with van der Waals surface area (Å²) in [5.74, 6) is -0.855. The number of aliphatic imine (C=N–C) groups is 1. The van der Waals surface area contributed by atoms with Gasteiger partial charge < -0.3 is 24.2 Å². The van der Waals surface area contributed by atoms with Gasteiger partial charge in [0.25, 0.3) is 0 Å². The topological polar surface area (TPSA) is 89.3 Å². The Labute approximate surface area is 213 Å². The zero-order chi connectivity index (χ0) is 26.5. The first-order valence-corrected chi connectivity index (χ1v) is 11.6. The Balaban J connectivity index is 1.81. The Morgan fingerprint density at radius 3 is 2.57 bits per heavy atom. The lowest BCUT2D eigenvalue weighted by atomic mass is 9.96. The number of rotatable bonds is 8. The number of methoxy groups -OCH3 is 2. The van der Waals surface area contributed by atoms with Gasteiger partial charge in [-0.25, -0.2) is 23.7 Å². The summed E-state index contributed by atoms with van der Waals surface area (Å²) >= 11 is 0. The number of morpholine rings is 1. The van der Waals surface area contributed by atoms with E-state index >= 15 is 8.78 Å². The third-order valence-corrected chi connectivity index (χ3v) is 6.21. The van der Waals surface area contributed by atoms with Crippen LogP contribution in [0.2, 0.25) is 0 Å². The summed E-state index contributed by atoms with van der Waals surface area (Å²) in [4.78, 5) is 14.2. The van der Waals surface area contributed by atoms with Crippen LogP contribution in [0.5, 0.6) is 5.75 Å². The number of aliphatic hydroxyl groups is 1. The monoisotopic (exact) mass is 510 g/mol. The van der Waals surface area contributed by atoms with E-state index in [4.69, 9.17) is 14.2 Å². The maximum atomic E-state index is 15.5. The lowest BCUT2D eigenvalue weighted by Crippen LogP contribution is -2.36. The highest BCUT2D eigenvalue weighted by Gasteiger charge is 2.23. The van der Waals surface area contributed by atoms with Crippen LogP contribution in [0.15, 0.2) is 59.2 Å². The van der Waals surface area contributed by atoms with Gasteiger partial charge in [-0.05, 0) is 37.4 Å². The molecule has 0 aliphatic carbocycles. The molecule has 1 aliphatic heterocycles. The smallest absolute Gasteiger partial charge is 0.212 e. The van der Waals surface area contributed by atoms with E-state index in [9.17, 15) is 5.11 Å². The molecule has 37 heavy (non-hydrogen) atoms. The lowest BCUT2D eigenvalue weighted by Gasteiger charge is -2.29. The Bertz CT molecular complexity index is 1370. The molecule has 1 aromatic heterocycles. The van der Waals surface area contributed by atoms with Crippen LogP contribution in [0.3, 0.4) is 0 Å². The van der Waals surface area contributed by atoms with E-state index in [0.29, 0.717) is 43.1 Å². The van der Waals surface area contributed by atoms with E-state index in [1.165, 1.54) is 32.7 Å². The molecule has 1 fully saturated rings. The fourth-order valence-electron chi connectivity index (χ4n) is 4.20. The maximum absolute atomic E-state index is 15.5. The van der Waals surface area contributed by atoms with Gasteiger partial charge in [0.2, 0.25) is 5.88 Å². The molecule has 1 atom stereocenters. The number of halogens is 2. The van der Waals surface area contributed by atoms with E-state index in [1.54, 1.807) is 25.1 Å². The molecule has 1 N–H and O–H groups in total. The maximum Gasteiger partial charge on any atom is 0.212 e. The fourth-order valence-corrected chi connectivity index (χ4v) is 4.20. The molecule has 0 spiro atoms. The second kappa shape index (κ2) is 11.4. The zero-order valence-corrected chi connectivity index (χ0v) is 20.9. The summed E-state index contributed by atoms with van der Waals surface area (Å²) in [6.07, 6.45) is 3.25. The molecule has 0 bridgehead atoms. The zero-order valence-electron chi connectivity index (χ0n) is 20.9. The summed E-state index contributed by atoms with van der Waals surface area (Å²) in [6, 6.07) is 5.72. The van der Waals surface area contributed by atoms with Gasteiger partial charge in [-0.3, -0.25) is 0 Å². The Morgan fingerprint density at radius 1 is 1.14 bits per heavy atom. The van der Waals surface area contributed by atoms with Gasteiger partial charge in [-0.1, -0.05) is 6.08 Å². The summed E-state index contributed by atoms with van der Waals surface area (Å²) < 4.78 is 46.6. The number of hydrogen-bond donors (Lipinski definition) is 1. The molecule has 0 amide bonds. The molecule has 0 radical (unpaired) electrons. The van der Waals surface area contributed by atoms with Gasteiger partial charge in [0.05, 0.1) is 44.0 Å². The lowest BCUT2D eigenvalue weighted by molar-refractivity contribution is 0.122. The van der Waals surface area contributed by atoms with Gasteiger partial charge >= 0.3 is 0 Å². The number of hydrogen-bond acceptors (Lipinski definition) is 8. The molecule has 0 saturated carbocycles. The van der Waals surface area contributed by atoms with Crippen molar-refractivity contribution >= 4 is 23.3 Å². The average molecular weight is 511 g/mol. The molecule has 1 saturated heterocycles. The Kier molecular flexibility index (Phi) is 8.10. The Morgan fingerprint density at radius 2 is 1.89 bits per heavy atom. The third kappa shape index (κ3) is 5.45. The van der Waals surface area contributed by atoms with Gasteiger partial charge in [0.1, 0.15) is 29.8 Å². The van der Waals surface area contributed by atoms with Crippen molar-refractivity contribution < 1.29 is 28.1 Å². The molecule has 10 heteroatoms. The first-order valence-electron chi connectivity index (χ1n) is 11.6. The molecule has 3 aromatic rings. The van der Waals surface area contributed by atoms with Crippen molar-refractivity contribution in [2.75, 3.05) is 45.4 Å². The number of nitrogens with zero attached hydrogens (tertiary/aromatic N) is 4. The summed E-state index contributed by atoms with van der Waals surface area (Å²) in [7, 11) is 2.83. The van der Waals surface area contributed by atoms with Crippen molar-refractivity contribution in [2.45, 2.75) is 13.0 Å². The molecular formula is C27H28F2N4O4. The number of fused-ring (bicyclic) bond motifs is 1. The fraction of sp³-hybridized carbons (Fsp3) is 0.296. The van der Waals surface area contributed by atoms with E-state index < -0.39 is 17.7 Å². The average Bonchev–Trinajstić information content (AvgIpc) is 2.93. The second-order valence-corrected chi connectivity index (χ2v) is 8.40. The number of allylic oxidation sites excluding steroid dienone is 2. The van der Waals surface area contributed by atoms with Crippen molar-refractivity contribution in [1.29, 1.82) is 0 Å². The number of anilines is 1. The Hall–Kier alpha value is -3.89. The highest BCUT2D eigenvalue weighted by Crippen LogP contribution is 2.38. The largest absolute Gasteiger partial charge is 0.496 e. The van der Waals surface area contributed by atoms with E-state index in [-0.39, 0.29) is 33.8 Å². The molecule has 1 aliphatic rings. The highest BCUT2D eigenvalue weighted by atomic mass is 19.1. The summed E-state index contributed by atoms with van der Waals surface area (Å²) in [6.45, 7) is 7.47. The highest BCUT2D eigenvalue weighted by molar-refractivity contribution is 5.94. The van der Waals surface area contributed by atoms with Crippen molar-refractivity contribution in [3.8, 4) is 17.0 Å². The quantitative estimate of drug-likeness (QED) is 0.269. The van der Waals surface area contributed by atoms with Crippen molar-refractivity contribution in [3.05, 3.63) is 71.4 Å². The first-order chi connectivity index (χ1) is 17.9. The predicted molar refractivity (Wildman–Crippen MR) is 138 cm³/mol. The minimum Gasteiger partial charge on any atom is -0.496 e. The van der Waals surface area contributed by atoms with E-state index in [1.807, 2.05) is 4.90 Å². The molecular weight excluding hydrogens is 482 g/mol. The van der Waals surface area contributed by atoms with Crippen molar-refractivity contribution in [1.82, 2.24) is 9.97 Å². The minimum atomic E-state index is -1.17. The molecule has 1 unspecified atom stereocenters. The van der Waals surface area contributed by atoms with Crippen molar-refractivity contribution in [3.63, 3.8) is 0 Å². The van der Waals surface area contributed by atoms with E-state index in [2.05, 4.69) is 21.7 Å². The van der Waals surface area contributed by atoms with Crippen LogP contribution in [0, 0.1) is 11.6 Å². The van der Waals surface area contributed by atoms with Gasteiger partial charge in [-0.2, -0.15) is 0 Å². The first kappa shape index (κ1) is 26.2. The normalized spacial score (nSPS) is 15.6. The van der Waals surface area contributed by atoms with Crippen LogP contribution in [0.1, 0.15) is 18.6 Å². The van der Waals surface area contributed by atoms with Gasteiger partial charge in [0, 0.05) is 42.0 Å². The third-order valence-electron chi connectivity index (χ3n) is 6.21. The van der Waals surface area contributed by atoms with Crippen LogP contribution < -0.4 is 9.64 Å². The number of aromatic nitrogens is 2. The van der Waals surface area contributed by atoms with Crippen LogP contribution in [-0.4, -0.2) is 62.3 Å². The van der Waals surface area contributed by atoms with Crippen LogP contribution in [0.25, 0.3) is 22.2 Å². The molecule has 194 valence electrons. The summed E-state index contributed by atoms with van der Waals surface area (Å²) in [5, 5.41) is 11.1. The number of aliphatic hydroxyl groups excluding tert-OH is 1. The van der Waals surface area contributed by atoms with Crippen molar-refractivity contribution in [2.24, 2.45) is 4.99 Å². The van der Waals surface area contributed by atoms with Crippen LogP contribution >= 0.6 is 0 Å². The summed E-state index contributed by atoms with van der Waals surface area (Å²) in [5.41, 5.74) is 1.88. The second-order valence-electron chi connectivity index (χ2n) is 8.40. The molecule has 4 rings (SSSR count).